The third kappa shape index (κ3) is 3.72. The van der Waals surface area contributed by atoms with Gasteiger partial charge in [-0.25, -0.2) is 0 Å². The van der Waals surface area contributed by atoms with Gasteiger partial charge >= 0.3 is 0 Å². The molecule has 1 aliphatic heterocycles. The Hall–Kier alpha value is -1.10. The number of ether oxygens (including phenoxy) is 2. The van der Waals surface area contributed by atoms with Gasteiger partial charge < -0.3 is 15.2 Å². The van der Waals surface area contributed by atoms with Gasteiger partial charge in [-0.1, -0.05) is 17.7 Å². The molecule has 3 atom stereocenters. The van der Waals surface area contributed by atoms with Crippen molar-refractivity contribution in [2.24, 2.45) is 5.73 Å². The number of hydrogen-bond donors (Lipinski definition) is 1. The topological polar surface area (TPSA) is 47.7 Å². The number of aryl methyl sites for hydroxylation is 1. The lowest BCUT2D eigenvalue weighted by Crippen LogP contribution is -2.47. The maximum Gasteiger partial charge on any atom is 0.123 e. The molecule has 2 N–H and O–H groups in total. The summed E-state index contributed by atoms with van der Waals surface area (Å²) in [4.78, 5) is 2.38. The van der Waals surface area contributed by atoms with Gasteiger partial charge in [-0.3, -0.25) is 4.90 Å². The highest BCUT2D eigenvalue weighted by atomic mass is 16.5. The Morgan fingerprint density at radius 2 is 2.00 bits per heavy atom. The van der Waals surface area contributed by atoms with E-state index >= 15 is 0 Å². The standard InChI is InChI=1S/C16H26N2O2/c1-11-5-6-16(19-4)14(7-11)15(17)10-18-8-12(2)20-13(3)9-18/h5-7,12-13,15H,8-10,17H2,1-4H3/t12-,13+,15?. The molecular weight excluding hydrogens is 252 g/mol. The molecule has 0 spiro atoms. The normalized spacial score (nSPS) is 25.4. The van der Waals surface area contributed by atoms with Gasteiger partial charge in [-0.15, -0.1) is 0 Å². The summed E-state index contributed by atoms with van der Waals surface area (Å²) in [6.07, 6.45) is 0.538. The fourth-order valence-corrected chi connectivity index (χ4v) is 2.95. The first-order chi connectivity index (χ1) is 9.49. The highest BCUT2D eigenvalue weighted by Gasteiger charge is 2.24. The van der Waals surface area contributed by atoms with Crippen LogP contribution in [-0.4, -0.2) is 43.9 Å². The summed E-state index contributed by atoms with van der Waals surface area (Å²) in [6, 6.07) is 6.13. The Balaban J connectivity index is 2.07. The van der Waals surface area contributed by atoms with E-state index in [9.17, 15) is 0 Å². The Morgan fingerprint density at radius 3 is 2.60 bits per heavy atom. The van der Waals surface area contributed by atoms with Crippen molar-refractivity contribution < 1.29 is 9.47 Å². The molecular formula is C16H26N2O2. The van der Waals surface area contributed by atoms with Crippen LogP contribution in [0.1, 0.15) is 31.0 Å². The van der Waals surface area contributed by atoms with Crippen LogP contribution in [0.3, 0.4) is 0 Å². The second-order valence-electron chi connectivity index (χ2n) is 5.83. The number of methoxy groups -OCH3 is 1. The molecule has 0 amide bonds. The van der Waals surface area contributed by atoms with E-state index in [1.165, 1.54) is 5.56 Å². The van der Waals surface area contributed by atoms with Gasteiger partial charge in [0.1, 0.15) is 5.75 Å². The first-order valence-corrected chi connectivity index (χ1v) is 7.27. The largest absolute Gasteiger partial charge is 0.496 e. The van der Waals surface area contributed by atoms with Crippen molar-refractivity contribution in [1.29, 1.82) is 0 Å². The van der Waals surface area contributed by atoms with Crippen molar-refractivity contribution in [2.45, 2.75) is 39.0 Å². The van der Waals surface area contributed by atoms with Crippen LogP contribution in [0.25, 0.3) is 0 Å². The van der Waals surface area contributed by atoms with Crippen LogP contribution in [0.15, 0.2) is 18.2 Å². The minimum Gasteiger partial charge on any atom is -0.496 e. The molecule has 4 nitrogen and oxygen atoms in total. The van der Waals surface area contributed by atoms with Gasteiger partial charge in [-0.2, -0.15) is 0 Å². The average Bonchev–Trinajstić information content (AvgIpc) is 2.37. The van der Waals surface area contributed by atoms with Crippen LogP contribution in [0.2, 0.25) is 0 Å². The summed E-state index contributed by atoms with van der Waals surface area (Å²) in [7, 11) is 1.69. The number of nitrogens with two attached hydrogens (primary N) is 1. The maximum absolute atomic E-state index is 6.40. The molecule has 1 fully saturated rings. The monoisotopic (exact) mass is 278 g/mol. The molecule has 1 heterocycles. The lowest BCUT2D eigenvalue weighted by molar-refractivity contribution is -0.0692. The number of nitrogens with zero attached hydrogens (tertiary/aromatic N) is 1. The van der Waals surface area contributed by atoms with E-state index in [2.05, 4.69) is 31.7 Å². The number of hydrogen-bond acceptors (Lipinski definition) is 4. The lowest BCUT2D eigenvalue weighted by atomic mass is 10.0. The van der Waals surface area contributed by atoms with E-state index in [-0.39, 0.29) is 18.2 Å². The highest BCUT2D eigenvalue weighted by molar-refractivity contribution is 5.39. The molecule has 1 unspecified atom stereocenters. The minimum atomic E-state index is -0.0395. The molecule has 1 aromatic rings. The summed E-state index contributed by atoms with van der Waals surface area (Å²) in [5.41, 5.74) is 8.69. The fraction of sp³-hybridized carbons (Fsp3) is 0.625. The van der Waals surface area contributed by atoms with Crippen LogP contribution in [0.5, 0.6) is 5.75 Å². The van der Waals surface area contributed by atoms with Crippen LogP contribution in [-0.2, 0) is 4.74 Å². The Bertz CT molecular complexity index is 440. The molecule has 0 saturated carbocycles. The van der Waals surface area contributed by atoms with Gasteiger partial charge in [-0.05, 0) is 26.8 Å². The minimum absolute atomic E-state index is 0.0395. The molecule has 2 rings (SSSR count). The predicted octanol–water partition coefficient (Wildman–Crippen LogP) is 2.11. The smallest absolute Gasteiger partial charge is 0.123 e. The van der Waals surface area contributed by atoms with Gasteiger partial charge in [0.15, 0.2) is 0 Å². The van der Waals surface area contributed by atoms with Crippen LogP contribution in [0, 0.1) is 6.92 Å². The zero-order valence-corrected chi connectivity index (χ0v) is 12.9. The SMILES string of the molecule is COc1ccc(C)cc1C(N)CN1C[C@@H](C)O[C@@H](C)C1. The lowest BCUT2D eigenvalue weighted by Gasteiger charge is -2.36. The quantitative estimate of drug-likeness (QED) is 0.916. The van der Waals surface area contributed by atoms with Crippen molar-refractivity contribution in [3.05, 3.63) is 29.3 Å². The fourth-order valence-electron chi connectivity index (χ4n) is 2.95. The second kappa shape index (κ2) is 6.57. The first-order valence-electron chi connectivity index (χ1n) is 7.27. The van der Waals surface area contributed by atoms with Gasteiger partial charge in [0, 0.05) is 31.2 Å². The molecule has 1 aliphatic rings. The number of benzene rings is 1. The molecule has 4 heteroatoms. The highest BCUT2D eigenvalue weighted by Crippen LogP contribution is 2.26. The first kappa shape index (κ1) is 15.3. The Kier molecular flexibility index (Phi) is 5.02. The van der Waals surface area contributed by atoms with Crippen molar-refractivity contribution in [1.82, 2.24) is 4.90 Å². The van der Waals surface area contributed by atoms with E-state index in [0.29, 0.717) is 0 Å². The third-order valence-electron chi connectivity index (χ3n) is 3.73. The Labute approximate surface area is 121 Å². The van der Waals surface area contributed by atoms with E-state index in [1.54, 1.807) is 7.11 Å². The zero-order valence-electron chi connectivity index (χ0n) is 12.9. The van der Waals surface area contributed by atoms with Crippen LogP contribution in [0.4, 0.5) is 0 Å². The van der Waals surface area contributed by atoms with E-state index in [0.717, 1.165) is 30.9 Å². The van der Waals surface area contributed by atoms with E-state index in [1.807, 2.05) is 12.1 Å². The van der Waals surface area contributed by atoms with Crippen molar-refractivity contribution in [3.63, 3.8) is 0 Å². The van der Waals surface area contributed by atoms with Crippen molar-refractivity contribution in [2.75, 3.05) is 26.7 Å². The zero-order chi connectivity index (χ0) is 14.7. The summed E-state index contributed by atoms with van der Waals surface area (Å²) in [5.74, 6) is 0.873. The molecule has 0 aromatic heterocycles. The molecule has 0 radical (unpaired) electrons. The maximum atomic E-state index is 6.40. The van der Waals surface area contributed by atoms with Gasteiger partial charge in [0.25, 0.3) is 0 Å². The van der Waals surface area contributed by atoms with Gasteiger partial charge in [0.05, 0.1) is 19.3 Å². The number of rotatable bonds is 4. The summed E-state index contributed by atoms with van der Waals surface area (Å²) in [6.45, 7) is 9.01. The average molecular weight is 278 g/mol. The molecule has 1 saturated heterocycles. The van der Waals surface area contributed by atoms with E-state index in [4.69, 9.17) is 15.2 Å². The second-order valence-corrected chi connectivity index (χ2v) is 5.83. The predicted molar refractivity (Wildman–Crippen MR) is 81.1 cm³/mol. The molecule has 1 aromatic carbocycles. The summed E-state index contributed by atoms with van der Waals surface area (Å²) >= 11 is 0. The molecule has 0 bridgehead atoms. The van der Waals surface area contributed by atoms with Crippen molar-refractivity contribution >= 4 is 0 Å². The van der Waals surface area contributed by atoms with Crippen LogP contribution >= 0.6 is 0 Å². The molecule has 20 heavy (non-hydrogen) atoms. The summed E-state index contributed by atoms with van der Waals surface area (Å²) < 4.78 is 11.2. The Morgan fingerprint density at radius 1 is 1.35 bits per heavy atom. The van der Waals surface area contributed by atoms with Gasteiger partial charge in [0.2, 0.25) is 0 Å². The molecule has 112 valence electrons. The number of morpholine rings is 1. The van der Waals surface area contributed by atoms with Crippen LogP contribution < -0.4 is 10.5 Å². The van der Waals surface area contributed by atoms with Crippen molar-refractivity contribution in [3.8, 4) is 5.75 Å². The summed E-state index contributed by atoms with van der Waals surface area (Å²) in [5, 5.41) is 0. The molecule has 0 aliphatic carbocycles. The van der Waals surface area contributed by atoms with E-state index < -0.39 is 0 Å². The third-order valence-corrected chi connectivity index (χ3v) is 3.73.